The largest absolute Gasteiger partial charge is 0.361 e. The molecule has 0 N–H and O–H groups in total. The number of rotatable bonds is 6. The van der Waals surface area contributed by atoms with Crippen LogP contribution in [0.4, 0.5) is 0 Å². The van der Waals surface area contributed by atoms with Crippen molar-refractivity contribution in [2.45, 2.75) is 39.3 Å². The van der Waals surface area contributed by atoms with E-state index in [9.17, 15) is 4.79 Å². The predicted octanol–water partition coefficient (Wildman–Crippen LogP) is 4.31. The molecule has 114 valence electrons. The number of carbonyl (C=O) groups is 1. The van der Waals surface area contributed by atoms with Crippen molar-refractivity contribution in [3.05, 3.63) is 28.5 Å². The van der Waals surface area contributed by atoms with E-state index in [-0.39, 0.29) is 5.78 Å². The van der Waals surface area contributed by atoms with Gasteiger partial charge in [0.2, 0.25) is 0 Å². The minimum atomic E-state index is -1.08. The molecule has 0 aliphatic carbocycles. The van der Waals surface area contributed by atoms with Crippen LogP contribution in [0.3, 0.4) is 0 Å². The van der Waals surface area contributed by atoms with Crippen LogP contribution in [0.2, 0.25) is 25.7 Å². The number of hydrogen-bond donors (Lipinski definition) is 0. The van der Waals surface area contributed by atoms with E-state index in [0.717, 1.165) is 28.2 Å². The second-order valence-corrected chi connectivity index (χ2v) is 13.0. The Kier molecular flexibility index (Phi) is 5.01. The highest BCUT2D eigenvalue weighted by Crippen LogP contribution is 2.23. The smallest absolute Gasteiger partial charge is 0.162 e. The predicted molar refractivity (Wildman–Crippen MR) is 91.5 cm³/mol. The van der Waals surface area contributed by atoms with Gasteiger partial charge in [-0.05, 0) is 35.0 Å². The molecule has 2 aromatic heterocycles. The number of ketones is 1. The average molecular weight is 369 g/mol. The average Bonchev–Trinajstić information content (AvgIpc) is 2.71. The summed E-state index contributed by atoms with van der Waals surface area (Å²) >= 11 is 3.40. The van der Waals surface area contributed by atoms with Crippen molar-refractivity contribution in [3.8, 4) is 0 Å². The lowest BCUT2D eigenvalue weighted by Gasteiger charge is -2.15. The highest BCUT2D eigenvalue weighted by Gasteiger charge is 2.15. The number of halogens is 1. The van der Waals surface area contributed by atoms with Crippen molar-refractivity contribution in [2.75, 3.05) is 6.61 Å². The SMILES string of the molecule is CC(=O)c1cn(COCC[Si](C)(C)C)c2ncc(Br)cc12. The first-order valence-corrected chi connectivity index (χ1v) is 11.5. The van der Waals surface area contributed by atoms with Crippen LogP contribution < -0.4 is 0 Å². The van der Waals surface area contributed by atoms with Gasteiger partial charge in [0.05, 0.1) is 0 Å². The molecule has 0 saturated carbocycles. The first-order chi connectivity index (χ1) is 9.78. The van der Waals surface area contributed by atoms with E-state index in [2.05, 4.69) is 40.6 Å². The normalized spacial score (nSPS) is 12.0. The number of ether oxygens (including phenoxy) is 1. The van der Waals surface area contributed by atoms with Crippen LogP contribution in [0.1, 0.15) is 17.3 Å². The van der Waals surface area contributed by atoms with Gasteiger partial charge in [-0.1, -0.05) is 19.6 Å². The maximum absolute atomic E-state index is 11.8. The van der Waals surface area contributed by atoms with Gasteiger partial charge in [0.1, 0.15) is 12.4 Å². The topological polar surface area (TPSA) is 44.1 Å². The van der Waals surface area contributed by atoms with Gasteiger partial charge in [-0.25, -0.2) is 4.98 Å². The molecular weight excluding hydrogens is 348 g/mol. The maximum atomic E-state index is 11.8. The van der Waals surface area contributed by atoms with Crippen LogP contribution in [0.25, 0.3) is 11.0 Å². The number of Topliss-reactive ketones (excluding diaryl/α,β-unsaturated/α-hetero) is 1. The van der Waals surface area contributed by atoms with E-state index in [1.165, 1.54) is 0 Å². The molecule has 2 aromatic rings. The lowest BCUT2D eigenvalue weighted by molar-refractivity contribution is 0.0895. The molecule has 0 radical (unpaired) electrons. The highest BCUT2D eigenvalue weighted by atomic mass is 79.9. The fourth-order valence-electron chi connectivity index (χ4n) is 2.07. The molecule has 0 bridgehead atoms. The van der Waals surface area contributed by atoms with Crippen molar-refractivity contribution >= 4 is 40.8 Å². The molecule has 0 fully saturated rings. The molecule has 0 aliphatic heterocycles. The van der Waals surface area contributed by atoms with Gasteiger partial charge in [-0.2, -0.15) is 0 Å². The quantitative estimate of drug-likeness (QED) is 0.433. The summed E-state index contributed by atoms with van der Waals surface area (Å²) in [6.07, 6.45) is 3.58. The molecule has 0 saturated heterocycles. The number of carbonyl (C=O) groups excluding carboxylic acids is 1. The Bertz CT molecular complexity index is 661. The second kappa shape index (κ2) is 6.42. The minimum Gasteiger partial charge on any atom is -0.361 e. The van der Waals surface area contributed by atoms with Gasteiger partial charge in [-0.3, -0.25) is 4.79 Å². The molecule has 0 atom stereocenters. The van der Waals surface area contributed by atoms with E-state index < -0.39 is 8.07 Å². The van der Waals surface area contributed by atoms with Crippen LogP contribution in [0, 0.1) is 0 Å². The summed E-state index contributed by atoms with van der Waals surface area (Å²) in [4.78, 5) is 16.2. The van der Waals surface area contributed by atoms with Gasteiger partial charge in [-0.15, -0.1) is 0 Å². The third-order valence-corrected chi connectivity index (χ3v) is 5.42. The zero-order valence-electron chi connectivity index (χ0n) is 12.9. The number of fused-ring (bicyclic) bond motifs is 1. The Morgan fingerprint density at radius 2 is 2.14 bits per heavy atom. The van der Waals surface area contributed by atoms with E-state index in [1.54, 1.807) is 13.1 Å². The molecule has 2 rings (SSSR count). The summed E-state index contributed by atoms with van der Waals surface area (Å²) in [5.41, 5.74) is 1.48. The van der Waals surface area contributed by atoms with Gasteiger partial charge in [0.15, 0.2) is 5.78 Å². The number of nitrogens with zero attached hydrogens (tertiary/aromatic N) is 2. The Balaban J connectivity index is 2.18. The summed E-state index contributed by atoms with van der Waals surface area (Å²) in [6, 6.07) is 3.06. The van der Waals surface area contributed by atoms with Crippen molar-refractivity contribution in [2.24, 2.45) is 0 Å². The van der Waals surface area contributed by atoms with Gasteiger partial charge in [0, 0.05) is 42.5 Å². The maximum Gasteiger partial charge on any atom is 0.162 e. The van der Waals surface area contributed by atoms with Crippen molar-refractivity contribution < 1.29 is 9.53 Å². The molecule has 21 heavy (non-hydrogen) atoms. The Morgan fingerprint density at radius 3 is 2.76 bits per heavy atom. The molecule has 4 nitrogen and oxygen atoms in total. The van der Waals surface area contributed by atoms with Crippen molar-refractivity contribution in [1.82, 2.24) is 9.55 Å². The summed E-state index contributed by atoms with van der Waals surface area (Å²) in [5.74, 6) is 0.0424. The molecule has 0 spiro atoms. The van der Waals surface area contributed by atoms with Gasteiger partial charge in [0.25, 0.3) is 0 Å². The fourth-order valence-corrected chi connectivity index (χ4v) is 3.15. The lowest BCUT2D eigenvalue weighted by Crippen LogP contribution is -2.22. The first kappa shape index (κ1) is 16.4. The molecule has 6 heteroatoms. The molecule has 0 aromatic carbocycles. The Hall–Kier alpha value is -0.983. The van der Waals surface area contributed by atoms with Gasteiger partial charge < -0.3 is 9.30 Å². The van der Waals surface area contributed by atoms with Crippen LogP contribution in [0.5, 0.6) is 0 Å². The van der Waals surface area contributed by atoms with Crippen LogP contribution >= 0.6 is 15.9 Å². The summed E-state index contributed by atoms with van der Waals surface area (Å²) in [6.45, 7) is 9.74. The van der Waals surface area contributed by atoms with E-state index in [1.807, 2.05) is 16.8 Å². The van der Waals surface area contributed by atoms with Crippen LogP contribution in [-0.4, -0.2) is 30.0 Å². The molecular formula is C15H21BrN2O2Si. The zero-order chi connectivity index (χ0) is 15.6. The van der Waals surface area contributed by atoms with Gasteiger partial charge >= 0.3 is 0 Å². The number of hydrogen-bond acceptors (Lipinski definition) is 3. The van der Waals surface area contributed by atoms with Crippen LogP contribution in [0.15, 0.2) is 22.9 Å². The molecule has 2 heterocycles. The summed E-state index contributed by atoms with van der Waals surface area (Å²) in [7, 11) is -1.08. The molecule has 0 aliphatic rings. The summed E-state index contributed by atoms with van der Waals surface area (Å²) in [5, 5.41) is 0.866. The van der Waals surface area contributed by atoms with Crippen molar-refractivity contribution in [1.29, 1.82) is 0 Å². The zero-order valence-corrected chi connectivity index (χ0v) is 15.5. The Morgan fingerprint density at radius 1 is 1.43 bits per heavy atom. The first-order valence-electron chi connectivity index (χ1n) is 7.01. The van der Waals surface area contributed by atoms with Crippen molar-refractivity contribution in [3.63, 3.8) is 0 Å². The fraction of sp³-hybridized carbons (Fsp3) is 0.467. The van der Waals surface area contributed by atoms with Crippen LogP contribution in [-0.2, 0) is 11.5 Å². The molecule has 0 unspecified atom stereocenters. The number of pyridine rings is 1. The summed E-state index contributed by atoms with van der Waals surface area (Å²) < 4.78 is 8.54. The highest BCUT2D eigenvalue weighted by molar-refractivity contribution is 9.10. The Labute approximate surface area is 134 Å². The van der Waals surface area contributed by atoms with E-state index >= 15 is 0 Å². The van der Waals surface area contributed by atoms with E-state index in [4.69, 9.17) is 4.74 Å². The second-order valence-electron chi connectivity index (χ2n) is 6.44. The molecule has 0 amide bonds. The lowest BCUT2D eigenvalue weighted by atomic mass is 10.2. The monoisotopic (exact) mass is 368 g/mol. The third kappa shape index (κ3) is 4.25. The van der Waals surface area contributed by atoms with E-state index in [0.29, 0.717) is 12.3 Å². The number of aromatic nitrogens is 2. The standard InChI is InChI=1S/C15H21BrN2O2Si/c1-11(19)14-9-18(10-20-5-6-21(2,3)4)15-13(14)7-12(16)8-17-15/h7-9H,5-6,10H2,1-4H3. The third-order valence-electron chi connectivity index (χ3n) is 3.29. The minimum absolute atomic E-state index is 0.0424.